The molecule has 0 amide bonds. The van der Waals surface area contributed by atoms with E-state index < -0.39 is 0 Å². The molecule has 5 heteroatoms. The molecular formula is C13H22ClN3O. The summed E-state index contributed by atoms with van der Waals surface area (Å²) in [5.41, 5.74) is 7.58. The van der Waals surface area contributed by atoms with Gasteiger partial charge >= 0.3 is 0 Å². The Labute approximate surface area is 113 Å². The van der Waals surface area contributed by atoms with Gasteiger partial charge in [0.2, 0.25) is 0 Å². The molecule has 2 rings (SSSR count). The topological polar surface area (TPSA) is 64.1 Å². The van der Waals surface area contributed by atoms with E-state index in [2.05, 4.69) is 5.10 Å². The predicted octanol–water partition coefficient (Wildman–Crippen LogP) is 1.90. The van der Waals surface area contributed by atoms with Crippen LogP contribution >= 0.6 is 11.6 Å². The second kappa shape index (κ2) is 5.19. The number of hydrogen-bond donors (Lipinski definition) is 2. The second-order valence-electron chi connectivity index (χ2n) is 5.31. The molecule has 2 atom stereocenters. The Morgan fingerprint density at radius 1 is 1.61 bits per heavy atom. The summed E-state index contributed by atoms with van der Waals surface area (Å²) in [5.74, 6) is 0. The van der Waals surface area contributed by atoms with Crippen LogP contribution in [0.1, 0.15) is 37.6 Å². The largest absolute Gasteiger partial charge is 0.392 e. The molecule has 0 bridgehead atoms. The minimum absolute atomic E-state index is 0.219. The van der Waals surface area contributed by atoms with Crippen LogP contribution in [0.5, 0.6) is 0 Å². The molecule has 1 fully saturated rings. The smallest absolute Gasteiger partial charge is 0.0847 e. The van der Waals surface area contributed by atoms with Gasteiger partial charge < -0.3 is 10.8 Å². The fourth-order valence-electron chi connectivity index (χ4n) is 3.01. The molecule has 1 aromatic heterocycles. The standard InChI is InChI=1S/C13H22ClN3O/c1-3-17-10(12(14)9(2)16-17)7-13(8-15)6-4-5-11(13)18/h11,18H,3-8,15H2,1-2H3. The van der Waals surface area contributed by atoms with E-state index in [9.17, 15) is 5.11 Å². The highest BCUT2D eigenvalue weighted by Gasteiger charge is 2.42. The van der Waals surface area contributed by atoms with Crippen molar-refractivity contribution in [2.24, 2.45) is 11.1 Å². The van der Waals surface area contributed by atoms with Crippen LogP contribution in [0.2, 0.25) is 5.02 Å². The van der Waals surface area contributed by atoms with Gasteiger partial charge in [-0.15, -0.1) is 0 Å². The molecule has 0 radical (unpaired) electrons. The maximum atomic E-state index is 10.2. The zero-order valence-corrected chi connectivity index (χ0v) is 11.9. The number of halogens is 1. The molecule has 2 unspecified atom stereocenters. The zero-order chi connectivity index (χ0) is 13.3. The Morgan fingerprint density at radius 2 is 2.33 bits per heavy atom. The van der Waals surface area contributed by atoms with Crippen molar-refractivity contribution in [3.05, 3.63) is 16.4 Å². The molecule has 18 heavy (non-hydrogen) atoms. The average Bonchev–Trinajstić information content (AvgIpc) is 2.85. The summed E-state index contributed by atoms with van der Waals surface area (Å²) >= 11 is 6.33. The molecule has 1 aromatic rings. The Kier molecular flexibility index (Phi) is 3.99. The van der Waals surface area contributed by atoms with E-state index in [4.69, 9.17) is 17.3 Å². The van der Waals surface area contributed by atoms with Gasteiger partial charge in [-0.05, 0) is 26.7 Å². The third-order valence-corrected chi connectivity index (χ3v) is 4.73. The summed E-state index contributed by atoms with van der Waals surface area (Å²) in [6.07, 6.45) is 3.25. The van der Waals surface area contributed by atoms with Gasteiger partial charge in [-0.3, -0.25) is 4.68 Å². The predicted molar refractivity (Wildman–Crippen MR) is 72.7 cm³/mol. The maximum absolute atomic E-state index is 10.2. The highest BCUT2D eigenvalue weighted by molar-refractivity contribution is 6.31. The lowest BCUT2D eigenvalue weighted by molar-refractivity contribution is 0.0573. The van der Waals surface area contributed by atoms with Crippen molar-refractivity contribution in [3.8, 4) is 0 Å². The maximum Gasteiger partial charge on any atom is 0.0847 e. The number of aliphatic hydroxyl groups excluding tert-OH is 1. The molecular weight excluding hydrogens is 250 g/mol. The number of hydrogen-bond acceptors (Lipinski definition) is 3. The van der Waals surface area contributed by atoms with Crippen molar-refractivity contribution < 1.29 is 5.11 Å². The molecule has 1 heterocycles. The van der Waals surface area contributed by atoms with E-state index in [1.54, 1.807) is 0 Å². The number of aliphatic hydroxyl groups is 1. The van der Waals surface area contributed by atoms with Crippen LogP contribution in [0.3, 0.4) is 0 Å². The number of nitrogens with zero attached hydrogens (tertiary/aromatic N) is 2. The molecule has 1 saturated carbocycles. The minimum atomic E-state index is -0.320. The summed E-state index contributed by atoms with van der Waals surface area (Å²) in [7, 11) is 0. The molecule has 0 spiro atoms. The van der Waals surface area contributed by atoms with E-state index >= 15 is 0 Å². The monoisotopic (exact) mass is 271 g/mol. The summed E-state index contributed by atoms with van der Waals surface area (Å²) in [6.45, 7) is 5.25. The van der Waals surface area contributed by atoms with Gasteiger partial charge in [-0.1, -0.05) is 18.0 Å². The van der Waals surface area contributed by atoms with Crippen LogP contribution in [-0.4, -0.2) is 27.5 Å². The Balaban J connectivity index is 2.33. The summed E-state index contributed by atoms with van der Waals surface area (Å²) in [5, 5.41) is 15.4. The summed E-state index contributed by atoms with van der Waals surface area (Å²) < 4.78 is 1.93. The molecule has 0 saturated heterocycles. The van der Waals surface area contributed by atoms with E-state index in [1.165, 1.54) is 0 Å². The first-order valence-corrected chi connectivity index (χ1v) is 7.02. The highest BCUT2D eigenvalue weighted by Crippen LogP contribution is 2.41. The van der Waals surface area contributed by atoms with Gasteiger partial charge in [0.15, 0.2) is 0 Å². The first-order valence-electron chi connectivity index (χ1n) is 6.64. The van der Waals surface area contributed by atoms with Crippen molar-refractivity contribution in [2.75, 3.05) is 6.54 Å². The van der Waals surface area contributed by atoms with E-state index in [-0.39, 0.29) is 11.5 Å². The van der Waals surface area contributed by atoms with Crippen LogP contribution in [-0.2, 0) is 13.0 Å². The molecule has 0 aromatic carbocycles. The lowest BCUT2D eigenvalue weighted by Gasteiger charge is -2.31. The Hall–Kier alpha value is -0.580. The molecule has 0 aliphatic heterocycles. The lowest BCUT2D eigenvalue weighted by Crippen LogP contribution is -2.40. The first kappa shape index (κ1) is 13.8. The average molecular weight is 272 g/mol. The minimum Gasteiger partial charge on any atom is -0.392 e. The van der Waals surface area contributed by atoms with Crippen LogP contribution < -0.4 is 5.73 Å². The fourth-order valence-corrected chi connectivity index (χ4v) is 3.21. The van der Waals surface area contributed by atoms with Gasteiger partial charge in [0, 0.05) is 24.9 Å². The quantitative estimate of drug-likeness (QED) is 0.879. The van der Waals surface area contributed by atoms with Crippen molar-refractivity contribution in [2.45, 2.75) is 52.2 Å². The van der Waals surface area contributed by atoms with E-state index in [0.29, 0.717) is 6.54 Å². The number of aryl methyl sites for hydroxylation is 2. The molecule has 102 valence electrons. The molecule has 1 aliphatic rings. The Morgan fingerprint density at radius 3 is 2.83 bits per heavy atom. The van der Waals surface area contributed by atoms with Gasteiger partial charge in [-0.2, -0.15) is 5.10 Å². The van der Waals surface area contributed by atoms with E-state index in [0.717, 1.165) is 48.6 Å². The summed E-state index contributed by atoms with van der Waals surface area (Å²) in [6, 6.07) is 0. The van der Waals surface area contributed by atoms with Crippen molar-refractivity contribution >= 4 is 11.6 Å². The number of aromatic nitrogens is 2. The van der Waals surface area contributed by atoms with Crippen molar-refractivity contribution in [1.82, 2.24) is 9.78 Å². The Bertz CT molecular complexity index is 432. The molecule has 4 nitrogen and oxygen atoms in total. The van der Waals surface area contributed by atoms with Gasteiger partial charge in [0.1, 0.15) is 0 Å². The van der Waals surface area contributed by atoms with Gasteiger partial charge in [0.05, 0.1) is 22.5 Å². The van der Waals surface area contributed by atoms with Crippen LogP contribution in [0.4, 0.5) is 0 Å². The van der Waals surface area contributed by atoms with Crippen LogP contribution in [0, 0.1) is 12.3 Å². The molecule has 1 aliphatic carbocycles. The van der Waals surface area contributed by atoms with Crippen LogP contribution in [0.25, 0.3) is 0 Å². The van der Waals surface area contributed by atoms with E-state index in [1.807, 2.05) is 18.5 Å². The zero-order valence-electron chi connectivity index (χ0n) is 11.1. The van der Waals surface area contributed by atoms with Gasteiger partial charge in [0.25, 0.3) is 0 Å². The first-order chi connectivity index (χ1) is 8.54. The van der Waals surface area contributed by atoms with Crippen LogP contribution in [0.15, 0.2) is 0 Å². The third kappa shape index (κ3) is 2.17. The summed E-state index contributed by atoms with van der Waals surface area (Å²) in [4.78, 5) is 0. The number of nitrogens with two attached hydrogens (primary N) is 1. The normalized spacial score (nSPS) is 27.9. The highest BCUT2D eigenvalue weighted by atomic mass is 35.5. The SMILES string of the molecule is CCn1nc(C)c(Cl)c1CC1(CN)CCCC1O. The van der Waals surface area contributed by atoms with Crippen molar-refractivity contribution in [1.29, 1.82) is 0 Å². The van der Waals surface area contributed by atoms with Crippen molar-refractivity contribution in [3.63, 3.8) is 0 Å². The van der Waals surface area contributed by atoms with Gasteiger partial charge in [-0.25, -0.2) is 0 Å². The molecule has 3 N–H and O–H groups in total. The number of rotatable bonds is 4. The fraction of sp³-hybridized carbons (Fsp3) is 0.769. The lowest BCUT2D eigenvalue weighted by atomic mass is 9.79. The second-order valence-corrected chi connectivity index (χ2v) is 5.69. The third-order valence-electron chi connectivity index (χ3n) is 4.24.